The molecule has 0 fully saturated rings. The molecule has 0 amide bonds. The van der Waals surface area contributed by atoms with Crippen molar-refractivity contribution in [1.29, 1.82) is 0 Å². The molecule has 14 heavy (non-hydrogen) atoms. The zero-order chi connectivity index (χ0) is 10.7. The molecule has 0 saturated heterocycles. The largest absolute Gasteiger partial charge is 0.481 e. The van der Waals surface area contributed by atoms with E-state index in [9.17, 15) is 13.2 Å². The van der Waals surface area contributed by atoms with Crippen LogP contribution in [0.1, 0.15) is 17.7 Å². The predicted molar refractivity (Wildman–Crippen MR) is 48.3 cm³/mol. The van der Waals surface area contributed by atoms with Crippen LogP contribution in [-0.4, -0.2) is 12.1 Å². The van der Waals surface area contributed by atoms with Crippen molar-refractivity contribution < 1.29 is 17.9 Å². The van der Waals surface area contributed by atoms with Crippen molar-refractivity contribution in [3.8, 4) is 5.88 Å². The van der Waals surface area contributed by atoms with Gasteiger partial charge in [-0.25, -0.2) is 18.2 Å². The minimum atomic E-state index is -2.87. The number of hydrogen-bond donors (Lipinski definition) is 0. The Balaban J connectivity index is 3.27. The van der Waals surface area contributed by atoms with Crippen molar-refractivity contribution in [2.75, 3.05) is 7.11 Å². The van der Waals surface area contributed by atoms with Gasteiger partial charge in [0.15, 0.2) is 0 Å². The van der Waals surface area contributed by atoms with Crippen LogP contribution < -0.4 is 4.74 Å². The van der Waals surface area contributed by atoms with E-state index in [0.717, 1.165) is 6.07 Å². The highest BCUT2D eigenvalue weighted by molar-refractivity contribution is 9.08. The van der Waals surface area contributed by atoms with E-state index >= 15 is 0 Å². The average molecular weight is 270 g/mol. The fourth-order valence-corrected chi connectivity index (χ4v) is 1.41. The zero-order valence-corrected chi connectivity index (χ0v) is 8.82. The summed E-state index contributed by atoms with van der Waals surface area (Å²) in [5.41, 5.74) is -0.723. The molecule has 0 aliphatic carbocycles. The molecule has 1 heterocycles. The number of aromatic nitrogens is 1. The van der Waals surface area contributed by atoms with Crippen LogP contribution in [0.5, 0.6) is 5.88 Å². The summed E-state index contributed by atoms with van der Waals surface area (Å²) in [5.74, 6) is -1.01. The summed E-state index contributed by atoms with van der Waals surface area (Å²) in [6, 6.07) is 0.841. The fraction of sp³-hybridized carbons (Fsp3) is 0.375. The number of alkyl halides is 3. The van der Waals surface area contributed by atoms with Crippen LogP contribution in [0.4, 0.5) is 13.2 Å². The van der Waals surface area contributed by atoms with Gasteiger partial charge in [0, 0.05) is 11.4 Å². The highest BCUT2D eigenvalue weighted by Gasteiger charge is 2.20. The van der Waals surface area contributed by atoms with Gasteiger partial charge in [0.1, 0.15) is 5.82 Å². The first-order chi connectivity index (χ1) is 6.60. The van der Waals surface area contributed by atoms with E-state index in [0.29, 0.717) is 0 Å². The quantitative estimate of drug-likeness (QED) is 0.787. The van der Waals surface area contributed by atoms with Gasteiger partial charge in [-0.2, -0.15) is 0 Å². The normalized spacial score (nSPS) is 10.7. The van der Waals surface area contributed by atoms with Crippen LogP contribution in [0, 0.1) is 5.82 Å². The number of methoxy groups -OCH3 is 1. The molecular weight excluding hydrogens is 263 g/mol. The number of hydrogen-bond acceptors (Lipinski definition) is 2. The van der Waals surface area contributed by atoms with Gasteiger partial charge in [-0.1, -0.05) is 15.9 Å². The third kappa shape index (κ3) is 2.17. The Bertz CT molecular complexity index is 333. The summed E-state index contributed by atoms with van der Waals surface area (Å²) >= 11 is 2.96. The van der Waals surface area contributed by atoms with Crippen molar-refractivity contribution in [2.24, 2.45) is 0 Å². The molecule has 0 aromatic carbocycles. The number of rotatable bonds is 3. The van der Waals surface area contributed by atoms with Crippen LogP contribution in [-0.2, 0) is 5.33 Å². The van der Waals surface area contributed by atoms with Gasteiger partial charge >= 0.3 is 0 Å². The number of ether oxygens (including phenoxy) is 1. The van der Waals surface area contributed by atoms with Crippen LogP contribution in [0.15, 0.2) is 6.07 Å². The molecule has 0 spiro atoms. The van der Waals surface area contributed by atoms with E-state index in [-0.39, 0.29) is 16.9 Å². The number of nitrogens with zero attached hydrogens (tertiary/aromatic N) is 1. The molecule has 2 nitrogen and oxygen atoms in total. The van der Waals surface area contributed by atoms with E-state index in [2.05, 4.69) is 25.7 Å². The molecule has 1 aromatic heterocycles. The summed E-state index contributed by atoms with van der Waals surface area (Å²) in [6.45, 7) is 0. The Hall–Kier alpha value is -0.780. The Labute approximate surface area is 87.2 Å². The molecule has 0 N–H and O–H groups in total. The third-order valence-corrected chi connectivity index (χ3v) is 2.15. The maximum atomic E-state index is 13.1. The smallest absolute Gasteiger partial charge is 0.268 e. The summed E-state index contributed by atoms with van der Waals surface area (Å²) in [6.07, 6.45) is -2.87. The Morgan fingerprint density at radius 1 is 1.57 bits per heavy atom. The van der Waals surface area contributed by atoms with E-state index < -0.39 is 17.8 Å². The highest BCUT2D eigenvalue weighted by Crippen LogP contribution is 2.28. The molecule has 0 saturated carbocycles. The summed E-state index contributed by atoms with van der Waals surface area (Å²) in [5, 5.41) is 0.0563. The lowest BCUT2D eigenvalue weighted by molar-refractivity contribution is 0.144. The van der Waals surface area contributed by atoms with Gasteiger partial charge in [-0.15, -0.1) is 0 Å². The monoisotopic (exact) mass is 269 g/mol. The van der Waals surface area contributed by atoms with Crippen LogP contribution in [0.3, 0.4) is 0 Å². The first kappa shape index (κ1) is 11.3. The molecular formula is C8H7BrF3NO. The third-order valence-electron chi connectivity index (χ3n) is 1.62. The highest BCUT2D eigenvalue weighted by atomic mass is 79.9. The van der Waals surface area contributed by atoms with Crippen molar-refractivity contribution in [1.82, 2.24) is 4.98 Å². The molecule has 0 aliphatic rings. The summed E-state index contributed by atoms with van der Waals surface area (Å²) in [7, 11) is 1.29. The van der Waals surface area contributed by atoms with Crippen molar-refractivity contribution in [3.63, 3.8) is 0 Å². The number of pyridine rings is 1. The van der Waals surface area contributed by atoms with E-state index in [1.807, 2.05) is 0 Å². The minimum Gasteiger partial charge on any atom is -0.481 e. The molecule has 0 radical (unpaired) electrons. The molecule has 6 heteroatoms. The Morgan fingerprint density at radius 2 is 2.21 bits per heavy atom. The summed E-state index contributed by atoms with van der Waals surface area (Å²) < 4.78 is 42.5. The second kappa shape index (κ2) is 4.63. The van der Waals surface area contributed by atoms with Crippen molar-refractivity contribution >= 4 is 15.9 Å². The Kier molecular flexibility index (Phi) is 3.74. The minimum absolute atomic E-state index is 0.0126. The topological polar surface area (TPSA) is 22.1 Å². The molecule has 0 aliphatic heterocycles. The fourth-order valence-electron chi connectivity index (χ4n) is 0.986. The molecule has 0 atom stereocenters. The van der Waals surface area contributed by atoms with Gasteiger partial charge in [-0.05, 0) is 0 Å². The molecule has 1 rings (SSSR count). The van der Waals surface area contributed by atoms with Crippen LogP contribution in [0.25, 0.3) is 0 Å². The van der Waals surface area contributed by atoms with E-state index in [1.165, 1.54) is 7.11 Å². The summed E-state index contributed by atoms with van der Waals surface area (Å²) in [4.78, 5) is 3.70. The van der Waals surface area contributed by atoms with E-state index in [1.54, 1.807) is 0 Å². The van der Waals surface area contributed by atoms with Gasteiger partial charge in [0.2, 0.25) is 5.88 Å². The second-order valence-corrected chi connectivity index (χ2v) is 3.00. The first-order valence-electron chi connectivity index (χ1n) is 3.67. The lowest BCUT2D eigenvalue weighted by Gasteiger charge is -2.08. The maximum Gasteiger partial charge on any atom is 0.268 e. The van der Waals surface area contributed by atoms with Crippen LogP contribution in [0.2, 0.25) is 0 Å². The van der Waals surface area contributed by atoms with Gasteiger partial charge in [0.05, 0.1) is 18.4 Å². The standard InChI is InChI=1S/C8H7BrF3NO/c1-14-6-2-4(10)7(8(11)12)5(3-9)13-6/h2,8H,3H2,1H3. The van der Waals surface area contributed by atoms with Crippen molar-refractivity contribution in [3.05, 3.63) is 23.1 Å². The van der Waals surface area contributed by atoms with Crippen LogP contribution >= 0.6 is 15.9 Å². The van der Waals surface area contributed by atoms with Gasteiger partial charge in [0.25, 0.3) is 6.43 Å². The lowest BCUT2D eigenvalue weighted by atomic mass is 10.2. The molecule has 1 aromatic rings. The van der Waals surface area contributed by atoms with Gasteiger partial charge in [-0.3, -0.25) is 0 Å². The van der Waals surface area contributed by atoms with Gasteiger partial charge < -0.3 is 4.74 Å². The number of halogens is 4. The van der Waals surface area contributed by atoms with E-state index in [4.69, 9.17) is 0 Å². The first-order valence-corrected chi connectivity index (χ1v) is 4.79. The molecule has 0 unspecified atom stereocenters. The average Bonchev–Trinajstić information content (AvgIpc) is 2.15. The Morgan fingerprint density at radius 3 is 2.64 bits per heavy atom. The SMILES string of the molecule is COc1cc(F)c(C(F)F)c(CBr)n1. The predicted octanol–water partition coefficient (Wildman–Crippen LogP) is 3.06. The lowest BCUT2D eigenvalue weighted by Crippen LogP contribution is -2.02. The molecule has 78 valence electrons. The molecule has 0 bridgehead atoms. The van der Waals surface area contributed by atoms with Crippen molar-refractivity contribution in [2.45, 2.75) is 11.8 Å². The maximum absolute atomic E-state index is 13.1. The zero-order valence-electron chi connectivity index (χ0n) is 7.23. The second-order valence-electron chi connectivity index (χ2n) is 2.44.